The molecule has 0 unspecified atom stereocenters. The summed E-state index contributed by atoms with van der Waals surface area (Å²) in [5.74, 6) is -1.67. The Morgan fingerprint density at radius 3 is 2.03 bits per heavy atom. The molecular weight excluding hydrogens is 458 g/mol. The van der Waals surface area contributed by atoms with E-state index in [0.29, 0.717) is 25.4 Å². The summed E-state index contributed by atoms with van der Waals surface area (Å²) in [6, 6.07) is 24.4. The van der Waals surface area contributed by atoms with Crippen LogP contribution in [0.1, 0.15) is 35.6 Å². The van der Waals surface area contributed by atoms with Crippen LogP contribution in [0.2, 0.25) is 0 Å². The Balaban J connectivity index is 1.22. The van der Waals surface area contributed by atoms with Crippen molar-refractivity contribution in [2.45, 2.75) is 31.0 Å². The minimum absolute atomic E-state index is 0.0763. The standard InChI is InChI=1S/C29H29NO6/c1-28-16-34-29(35-17-28,36-18-28)26(25(31)19-9-3-2-4-10-19)30-27(32)33-15-24-22-13-7-5-11-20(22)21-12-6-8-14-23(21)24/h2-14,24-26,31H,15-18H2,1H3,(H,30,32)/t25-,26+,28?,29?/m1/s1. The Morgan fingerprint density at radius 1 is 0.917 bits per heavy atom. The van der Waals surface area contributed by atoms with E-state index in [4.69, 9.17) is 18.9 Å². The quantitative estimate of drug-likeness (QED) is 0.537. The molecule has 2 bridgehead atoms. The van der Waals surface area contributed by atoms with Crippen LogP contribution in [0.4, 0.5) is 4.79 Å². The lowest BCUT2D eigenvalue weighted by atomic mass is 9.90. The lowest BCUT2D eigenvalue weighted by Gasteiger charge is -2.53. The molecule has 1 amide bonds. The van der Waals surface area contributed by atoms with E-state index in [0.717, 1.165) is 22.3 Å². The third-order valence-electron chi connectivity index (χ3n) is 7.32. The average Bonchev–Trinajstić information content (AvgIpc) is 3.25. The van der Waals surface area contributed by atoms with Crippen LogP contribution in [0.15, 0.2) is 78.9 Å². The zero-order chi connectivity index (χ0) is 24.8. The van der Waals surface area contributed by atoms with E-state index in [1.165, 1.54) is 0 Å². The van der Waals surface area contributed by atoms with Gasteiger partial charge in [-0.25, -0.2) is 4.79 Å². The Kier molecular flexibility index (Phi) is 5.80. The minimum atomic E-state index is -1.60. The Bertz CT molecular complexity index is 1190. The number of amides is 1. The lowest BCUT2D eigenvalue weighted by molar-refractivity contribution is -0.478. The maximum atomic E-state index is 13.1. The van der Waals surface area contributed by atoms with Crippen LogP contribution in [0, 0.1) is 5.41 Å². The van der Waals surface area contributed by atoms with Gasteiger partial charge in [-0.1, -0.05) is 85.8 Å². The number of ether oxygens (including phenoxy) is 4. The van der Waals surface area contributed by atoms with E-state index >= 15 is 0 Å². The van der Waals surface area contributed by atoms with Crippen molar-refractivity contribution >= 4 is 6.09 Å². The third-order valence-corrected chi connectivity index (χ3v) is 7.32. The van der Waals surface area contributed by atoms with Crippen LogP contribution in [-0.2, 0) is 18.9 Å². The molecule has 0 saturated carbocycles. The van der Waals surface area contributed by atoms with Gasteiger partial charge >= 0.3 is 12.1 Å². The number of aliphatic hydroxyl groups excluding tert-OH is 1. The number of fused-ring (bicyclic) bond motifs is 6. The summed E-state index contributed by atoms with van der Waals surface area (Å²) in [4.78, 5) is 13.1. The molecule has 7 rings (SSSR count). The van der Waals surface area contributed by atoms with Crippen molar-refractivity contribution in [1.29, 1.82) is 0 Å². The number of nitrogens with one attached hydrogen (secondary N) is 1. The molecule has 3 aromatic rings. The minimum Gasteiger partial charge on any atom is -0.449 e. The highest BCUT2D eigenvalue weighted by molar-refractivity contribution is 5.79. The number of benzene rings is 3. The van der Waals surface area contributed by atoms with Crippen molar-refractivity contribution in [3.05, 3.63) is 95.6 Å². The van der Waals surface area contributed by atoms with Gasteiger partial charge in [-0.05, 0) is 27.8 Å². The predicted octanol–water partition coefficient (Wildman–Crippen LogP) is 4.36. The molecule has 7 nitrogen and oxygen atoms in total. The van der Waals surface area contributed by atoms with Gasteiger partial charge in [0, 0.05) is 11.3 Å². The summed E-state index contributed by atoms with van der Waals surface area (Å²) in [5, 5.41) is 14.1. The van der Waals surface area contributed by atoms with E-state index < -0.39 is 24.2 Å². The number of carbonyl (C=O) groups excluding carboxylic acids is 1. The smallest absolute Gasteiger partial charge is 0.407 e. The van der Waals surface area contributed by atoms with E-state index in [9.17, 15) is 9.90 Å². The van der Waals surface area contributed by atoms with Crippen LogP contribution in [0.3, 0.4) is 0 Å². The number of aliphatic hydroxyl groups is 1. The molecule has 7 heteroatoms. The average molecular weight is 488 g/mol. The first-order valence-corrected chi connectivity index (χ1v) is 12.2. The largest absolute Gasteiger partial charge is 0.449 e. The van der Waals surface area contributed by atoms with Gasteiger partial charge in [0.25, 0.3) is 0 Å². The van der Waals surface area contributed by atoms with Gasteiger partial charge in [0.1, 0.15) is 18.8 Å². The van der Waals surface area contributed by atoms with Crippen LogP contribution < -0.4 is 5.32 Å². The molecular formula is C29H29NO6. The summed E-state index contributed by atoms with van der Waals surface area (Å²) in [6.07, 6.45) is -1.82. The van der Waals surface area contributed by atoms with E-state index in [1.54, 1.807) is 12.1 Å². The molecule has 4 aliphatic rings. The summed E-state index contributed by atoms with van der Waals surface area (Å²) in [5.41, 5.74) is 4.90. The van der Waals surface area contributed by atoms with Gasteiger partial charge in [0.05, 0.1) is 19.8 Å². The van der Waals surface area contributed by atoms with E-state index in [1.807, 2.05) is 49.4 Å². The fourth-order valence-corrected chi connectivity index (χ4v) is 5.31. The number of rotatable bonds is 6. The first-order valence-electron chi connectivity index (χ1n) is 12.2. The predicted molar refractivity (Wildman–Crippen MR) is 132 cm³/mol. The second-order valence-electron chi connectivity index (χ2n) is 10.1. The first-order chi connectivity index (χ1) is 17.5. The SMILES string of the molecule is CC12COC([C@@H](NC(=O)OCC3c4ccccc4-c4ccccc43)[C@H](O)c3ccccc3)(OC1)OC2. The Hall–Kier alpha value is -3.23. The van der Waals surface area contributed by atoms with Gasteiger partial charge in [-0.15, -0.1) is 0 Å². The number of carbonyl (C=O) groups is 1. The maximum Gasteiger partial charge on any atom is 0.407 e. The Morgan fingerprint density at radius 2 is 1.44 bits per heavy atom. The highest BCUT2D eigenvalue weighted by Gasteiger charge is 2.57. The fourth-order valence-electron chi connectivity index (χ4n) is 5.31. The van der Waals surface area contributed by atoms with Crippen molar-refractivity contribution in [2.75, 3.05) is 26.4 Å². The van der Waals surface area contributed by atoms with Gasteiger partial charge in [-0.2, -0.15) is 0 Å². The number of hydrogen-bond acceptors (Lipinski definition) is 6. The highest BCUT2D eigenvalue weighted by atomic mass is 16.9. The molecule has 186 valence electrons. The molecule has 0 radical (unpaired) electrons. The molecule has 3 heterocycles. The first kappa shape index (κ1) is 23.2. The zero-order valence-electron chi connectivity index (χ0n) is 20.1. The summed E-state index contributed by atoms with van der Waals surface area (Å²) < 4.78 is 23.6. The summed E-state index contributed by atoms with van der Waals surface area (Å²) >= 11 is 0. The van der Waals surface area contributed by atoms with E-state index in [-0.39, 0.29) is 17.9 Å². The monoisotopic (exact) mass is 487 g/mol. The topological polar surface area (TPSA) is 86.3 Å². The van der Waals surface area contributed by atoms with E-state index in [2.05, 4.69) is 29.6 Å². The van der Waals surface area contributed by atoms with Gasteiger partial charge in [0.15, 0.2) is 0 Å². The molecule has 3 fully saturated rings. The lowest BCUT2D eigenvalue weighted by Crippen LogP contribution is -2.68. The van der Waals surface area contributed by atoms with Crippen molar-refractivity contribution in [2.24, 2.45) is 5.41 Å². The summed E-state index contributed by atoms with van der Waals surface area (Å²) in [7, 11) is 0. The van der Waals surface area contributed by atoms with Gasteiger partial charge < -0.3 is 29.4 Å². The number of alkyl carbamates (subject to hydrolysis) is 1. The third kappa shape index (κ3) is 3.98. The van der Waals surface area contributed by atoms with Crippen molar-refractivity contribution in [3.63, 3.8) is 0 Å². The van der Waals surface area contributed by atoms with Crippen molar-refractivity contribution in [1.82, 2.24) is 5.32 Å². The molecule has 0 aromatic heterocycles. The van der Waals surface area contributed by atoms with Gasteiger partial charge in [-0.3, -0.25) is 0 Å². The molecule has 3 saturated heterocycles. The zero-order valence-corrected chi connectivity index (χ0v) is 20.1. The number of hydrogen-bond donors (Lipinski definition) is 2. The molecule has 2 N–H and O–H groups in total. The van der Waals surface area contributed by atoms with Crippen LogP contribution >= 0.6 is 0 Å². The Labute approximate surface area is 210 Å². The normalized spacial score (nSPS) is 26.1. The molecule has 3 aliphatic heterocycles. The molecule has 1 aliphatic carbocycles. The molecule has 0 spiro atoms. The fraction of sp³-hybridized carbons (Fsp3) is 0.345. The second-order valence-corrected chi connectivity index (χ2v) is 10.1. The van der Waals surface area contributed by atoms with Gasteiger partial charge in [0.2, 0.25) is 0 Å². The van der Waals surface area contributed by atoms with Crippen LogP contribution in [0.25, 0.3) is 11.1 Å². The maximum absolute atomic E-state index is 13.1. The van der Waals surface area contributed by atoms with Crippen LogP contribution in [-0.4, -0.2) is 49.6 Å². The summed E-state index contributed by atoms with van der Waals surface area (Å²) in [6.45, 7) is 3.37. The van der Waals surface area contributed by atoms with Crippen LogP contribution in [0.5, 0.6) is 0 Å². The van der Waals surface area contributed by atoms with Crippen molar-refractivity contribution < 1.29 is 28.8 Å². The molecule has 36 heavy (non-hydrogen) atoms. The molecule has 2 atom stereocenters. The molecule has 3 aromatic carbocycles. The van der Waals surface area contributed by atoms with Crippen molar-refractivity contribution in [3.8, 4) is 11.1 Å². The highest BCUT2D eigenvalue weighted by Crippen LogP contribution is 2.45. The second kappa shape index (κ2) is 9.01.